The summed E-state index contributed by atoms with van der Waals surface area (Å²) in [7, 11) is 3.28. The molecule has 16 nitrogen and oxygen atoms in total. The molecule has 8 aromatic rings. The van der Waals surface area contributed by atoms with Crippen molar-refractivity contribution in [3.63, 3.8) is 0 Å². The fraction of sp³-hybridized carbons (Fsp3) is 0.182. The molecule has 0 saturated carbocycles. The second-order valence-corrected chi connectivity index (χ2v) is 21.4. The maximum atomic E-state index is 14.7. The normalized spacial score (nSPS) is 17.4. The summed E-state index contributed by atoms with van der Waals surface area (Å²) in [6.45, 7) is 3.15. The number of guanidine groups is 2. The van der Waals surface area contributed by atoms with Crippen LogP contribution < -0.4 is 16.4 Å². The summed E-state index contributed by atoms with van der Waals surface area (Å²) in [4.78, 5) is 94.9. The minimum absolute atomic E-state index is 0.00202. The Bertz CT molecular complexity index is 3880. The Hall–Kier alpha value is -10.3. The predicted octanol–water partition coefficient (Wildman–Crippen LogP) is 7.91. The topological polar surface area (TPSA) is 194 Å². The average molecular weight is 1100 g/mol. The molecule has 0 spiro atoms. The van der Waals surface area contributed by atoms with Crippen molar-refractivity contribution in [1.82, 2.24) is 29.5 Å². The van der Waals surface area contributed by atoms with Crippen LogP contribution in [0.15, 0.2) is 204 Å². The number of anilines is 1. The van der Waals surface area contributed by atoms with E-state index in [9.17, 15) is 28.4 Å². The van der Waals surface area contributed by atoms with Gasteiger partial charge in [0.15, 0.2) is 23.0 Å². The minimum Gasteiger partial charge on any atom is -0.369 e. The lowest BCUT2D eigenvalue weighted by Gasteiger charge is -2.35. The standard InChI is InChI=1S/C66H58FN11O5/c1-73(2)58(79)48-16-11-21-55(37-48)66(54-25-27-56(67)28-26-54)62(83)78(64(69)72-66)40-44-13-10-15-47(35-44)60(81)76-41-50-23-22-45(36-51(50)42-76)49-24-29-57(70-38-49)74-30-32-75(33-31-74)59(80)46-14-9-12-43(34-46)39-77-61(82)65(71-63(77)68,52-17-5-3-6-18-52)53-19-7-4-8-20-53/h3-29,34-38H,30-33,39-42H2,1-2H3,(H2,68,71)(H2,69,72). The summed E-state index contributed by atoms with van der Waals surface area (Å²) in [5.74, 6) is -0.901. The molecule has 5 heterocycles. The third-order valence-corrected chi connectivity index (χ3v) is 16.0. The second-order valence-electron chi connectivity index (χ2n) is 21.4. The van der Waals surface area contributed by atoms with Crippen LogP contribution >= 0.6 is 0 Å². The number of fused-ring (bicyclic) bond motifs is 1. The first-order valence-electron chi connectivity index (χ1n) is 27.3. The number of carbonyl (C=O) groups is 5. The monoisotopic (exact) mass is 1100 g/mol. The number of pyridine rings is 1. The minimum atomic E-state index is -1.70. The zero-order valence-electron chi connectivity index (χ0n) is 45.7. The molecule has 4 aliphatic rings. The van der Waals surface area contributed by atoms with Crippen molar-refractivity contribution < 1.29 is 28.4 Å². The Labute approximate surface area is 479 Å². The van der Waals surface area contributed by atoms with E-state index in [0.29, 0.717) is 72.6 Å². The molecule has 83 heavy (non-hydrogen) atoms. The fourth-order valence-electron chi connectivity index (χ4n) is 11.7. The smallest absolute Gasteiger partial charge is 0.266 e. The van der Waals surface area contributed by atoms with Crippen molar-refractivity contribution in [2.75, 3.05) is 45.2 Å². The molecule has 7 aromatic carbocycles. The number of benzene rings is 7. The molecular weight excluding hydrogens is 1050 g/mol. The fourth-order valence-corrected chi connectivity index (χ4v) is 11.7. The number of nitrogens with two attached hydrogens (primary N) is 2. The Morgan fingerprint density at radius 1 is 0.518 bits per heavy atom. The lowest BCUT2D eigenvalue weighted by molar-refractivity contribution is -0.131. The average Bonchev–Trinajstić information content (AvgIpc) is 4.17. The van der Waals surface area contributed by atoms with E-state index >= 15 is 0 Å². The molecule has 17 heteroatoms. The van der Waals surface area contributed by atoms with E-state index in [1.165, 1.54) is 39.0 Å². The lowest BCUT2D eigenvalue weighted by atomic mass is 9.82. The SMILES string of the molecule is CN(C)C(=O)c1cccc(C2(c3ccc(F)cc3)N=C(N)N(Cc3cccc(C(=O)N4Cc5ccc(-c6ccc(N7CCN(C(=O)c8cccc(CN9C(=O)C(c%10ccccc%10)(c%10ccccc%10)N=C9N)c8)CC7)nc6)cc5C4)c3)C2=O)c1. The van der Waals surface area contributed by atoms with Gasteiger partial charge < -0.3 is 31.1 Å². The van der Waals surface area contributed by atoms with Gasteiger partial charge >= 0.3 is 0 Å². The van der Waals surface area contributed by atoms with E-state index in [-0.39, 0.29) is 48.6 Å². The summed E-state index contributed by atoms with van der Waals surface area (Å²) in [6.07, 6.45) is 1.85. The van der Waals surface area contributed by atoms with Gasteiger partial charge in [-0.1, -0.05) is 121 Å². The van der Waals surface area contributed by atoms with Gasteiger partial charge in [0.1, 0.15) is 11.6 Å². The maximum Gasteiger partial charge on any atom is 0.266 e. The number of amides is 5. The highest BCUT2D eigenvalue weighted by Crippen LogP contribution is 2.42. The van der Waals surface area contributed by atoms with Crippen LogP contribution in [0.3, 0.4) is 0 Å². The van der Waals surface area contributed by atoms with Crippen LogP contribution in [0.1, 0.15) is 75.6 Å². The Kier molecular flexibility index (Phi) is 13.9. The summed E-state index contributed by atoms with van der Waals surface area (Å²) in [6, 6.07) is 55.7. The number of rotatable bonds is 13. The largest absolute Gasteiger partial charge is 0.369 e. The number of nitrogens with zero attached hydrogens (tertiary/aromatic N) is 9. The Morgan fingerprint density at radius 3 is 1.59 bits per heavy atom. The van der Waals surface area contributed by atoms with Gasteiger partial charge in [0.05, 0.1) is 13.1 Å². The van der Waals surface area contributed by atoms with E-state index < -0.39 is 22.8 Å². The van der Waals surface area contributed by atoms with E-state index in [4.69, 9.17) is 26.4 Å². The summed E-state index contributed by atoms with van der Waals surface area (Å²) >= 11 is 0. The first-order valence-corrected chi connectivity index (χ1v) is 27.3. The Balaban J connectivity index is 0.666. The molecule has 1 aromatic heterocycles. The van der Waals surface area contributed by atoms with Gasteiger partial charge in [0, 0.05) is 81.8 Å². The van der Waals surface area contributed by atoms with Gasteiger partial charge in [0.25, 0.3) is 29.5 Å². The molecule has 1 atom stereocenters. The van der Waals surface area contributed by atoms with Crippen LogP contribution in [-0.2, 0) is 46.8 Å². The van der Waals surface area contributed by atoms with E-state index in [1.807, 2.05) is 120 Å². The van der Waals surface area contributed by atoms with Crippen LogP contribution in [0, 0.1) is 5.82 Å². The van der Waals surface area contributed by atoms with Crippen molar-refractivity contribution >= 4 is 47.3 Å². The van der Waals surface area contributed by atoms with Crippen LogP contribution in [0.4, 0.5) is 10.2 Å². The van der Waals surface area contributed by atoms with Crippen LogP contribution in [-0.4, -0.2) is 111 Å². The molecule has 414 valence electrons. The molecule has 1 unspecified atom stereocenters. The molecular formula is C66H58FN11O5. The molecule has 0 radical (unpaired) electrons. The van der Waals surface area contributed by atoms with Gasteiger partial charge in [-0.05, 0) is 117 Å². The van der Waals surface area contributed by atoms with Crippen LogP contribution in [0.25, 0.3) is 11.1 Å². The number of piperazine rings is 1. The lowest BCUT2D eigenvalue weighted by Crippen LogP contribution is -2.49. The first-order chi connectivity index (χ1) is 40.2. The quantitative estimate of drug-likeness (QED) is 0.115. The Morgan fingerprint density at radius 2 is 1.02 bits per heavy atom. The molecule has 4 aliphatic heterocycles. The van der Waals surface area contributed by atoms with Crippen molar-refractivity contribution in [3.8, 4) is 11.1 Å². The number of aromatic nitrogens is 1. The number of hydrogen-bond donors (Lipinski definition) is 2. The van der Waals surface area contributed by atoms with Gasteiger partial charge in [-0.2, -0.15) is 0 Å². The van der Waals surface area contributed by atoms with Crippen molar-refractivity contribution in [2.24, 2.45) is 21.5 Å². The number of hydrogen-bond acceptors (Lipinski definition) is 11. The first kappa shape index (κ1) is 53.4. The molecule has 12 rings (SSSR count). The zero-order valence-corrected chi connectivity index (χ0v) is 45.7. The second kappa shape index (κ2) is 21.6. The molecule has 5 amide bonds. The van der Waals surface area contributed by atoms with Gasteiger partial charge in [-0.25, -0.2) is 19.4 Å². The molecule has 1 fully saturated rings. The molecule has 0 bridgehead atoms. The molecule has 0 aliphatic carbocycles. The summed E-state index contributed by atoms with van der Waals surface area (Å²) < 4.78 is 14.2. The van der Waals surface area contributed by atoms with Crippen molar-refractivity contribution in [3.05, 3.63) is 261 Å². The third-order valence-electron chi connectivity index (χ3n) is 16.0. The predicted molar refractivity (Wildman–Crippen MR) is 314 cm³/mol. The van der Waals surface area contributed by atoms with Crippen molar-refractivity contribution in [1.29, 1.82) is 0 Å². The summed E-state index contributed by atoms with van der Waals surface area (Å²) in [5, 5.41) is 0. The van der Waals surface area contributed by atoms with E-state index in [1.54, 1.807) is 67.5 Å². The highest BCUT2D eigenvalue weighted by molar-refractivity contribution is 6.10. The van der Waals surface area contributed by atoms with E-state index in [0.717, 1.165) is 44.8 Å². The third kappa shape index (κ3) is 9.79. The zero-order chi connectivity index (χ0) is 57.6. The van der Waals surface area contributed by atoms with Gasteiger partial charge in [-0.15, -0.1) is 0 Å². The highest BCUT2D eigenvalue weighted by atomic mass is 19.1. The van der Waals surface area contributed by atoms with Gasteiger partial charge in [-0.3, -0.25) is 33.8 Å². The molecule has 1 saturated heterocycles. The van der Waals surface area contributed by atoms with E-state index in [2.05, 4.69) is 11.0 Å². The van der Waals surface area contributed by atoms with Gasteiger partial charge in [0.2, 0.25) is 0 Å². The maximum absolute atomic E-state index is 14.7. The number of carbonyl (C=O) groups excluding carboxylic acids is 5. The summed E-state index contributed by atoms with van der Waals surface area (Å²) in [5.41, 5.74) is 19.0. The molecule has 4 N–H and O–H groups in total. The highest BCUT2D eigenvalue weighted by Gasteiger charge is 2.52. The van der Waals surface area contributed by atoms with Crippen molar-refractivity contribution in [2.45, 2.75) is 37.3 Å². The number of halogens is 1. The van der Waals surface area contributed by atoms with Crippen LogP contribution in [0.2, 0.25) is 0 Å². The number of aliphatic imine (C=N–C) groups is 2. The van der Waals surface area contributed by atoms with Crippen LogP contribution in [0.5, 0.6) is 0 Å².